The molecule has 14 nitrogen and oxygen atoms in total. The molecule has 47 heavy (non-hydrogen) atoms. The van der Waals surface area contributed by atoms with Gasteiger partial charge in [0.15, 0.2) is 6.29 Å². The van der Waals surface area contributed by atoms with Gasteiger partial charge in [-0.25, -0.2) is 26.4 Å². The maximum atomic E-state index is 14.2. The van der Waals surface area contributed by atoms with Gasteiger partial charge in [-0.2, -0.15) is 0 Å². The van der Waals surface area contributed by atoms with Gasteiger partial charge in [0.05, 0.1) is 55.2 Å². The fourth-order valence-electron chi connectivity index (χ4n) is 6.49. The number of carbonyl (C=O) groups is 1. The van der Waals surface area contributed by atoms with Crippen molar-refractivity contribution in [3.05, 3.63) is 60.2 Å². The standard InChI is InChI=1S/C31H44N4O10S2/c1-46(39,40)33-16-15-32-23-10-7-13-25(19-23)47(41,42)34(45-24-11-5-6-12-24)20-29(36)27(18-22-8-3-2-4-9-22)35(31(37)38)28-21-44-30-26(28)14-17-43-30/h2-4,7-10,13,19,24,26-30,32-33,36H,5-6,11-12,14-18,20-21H2,1H3,(H,37,38)/t26-,27-,28-,29+,30+/m0/s1. The van der Waals surface area contributed by atoms with Crippen LogP contribution in [0.3, 0.4) is 0 Å². The van der Waals surface area contributed by atoms with Crippen molar-refractivity contribution in [2.75, 3.05) is 44.4 Å². The van der Waals surface area contributed by atoms with Gasteiger partial charge in [0.1, 0.15) is 0 Å². The number of hydrogen-bond donors (Lipinski definition) is 4. The molecule has 0 unspecified atom stereocenters. The molecule has 16 heteroatoms. The van der Waals surface area contributed by atoms with Crippen LogP contribution in [0.4, 0.5) is 10.5 Å². The normalized spacial score (nSPS) is 23.1. The molecular weight excluding hydrogens is 652 g/mol. The Morgan fingerprint density at radius 3 is 2.47 bits per heavy atom. The smallest absolute Gasteiger partial charge is 0.407 e. The number of hydroxylamine groups is 1. The van der Waals surface area contributed by atoms with E-state index in [1.807, 2.05) is 30.3 Å². The number of rotatable bonds is 16. The summed E-state index contributed by atoms with van der Waals surface area (Å²) in [6, 6.07) is 13.5. The summed E-state index contributed by atoms with van der Waals surface area (Å²) in [5, 5.41) is 25.4. The fraction of sp³-hybridized carbons (Fsp3) is 0.581. The molecule has 5 rings (SSSR count). The molecule has 260 valence electrons. The summed E-state index contributed by atoms with van der Waals surface area (Å²) in [4.78, 5) is 20.1. The predicted octanol–water partition coefficient (Wildman–Crippen LogP) is 2.23. The average Bonchev–Trinajstić information content (AvgIpc) is 3.79. The van der Waals surface area contributed by atoms with Gasteiger partial charge in [0.25, 0.3) is 10.0 Å². The van der Waals surface area contributed by atoms with E-state index in [1.54, 1.807) is 12.1 Å². The van der Waals surface area contributed by atoms with Gasteiger partial charge in [-0.15, -0.1) is 0 Å². The predicted molar refractivity (Wildman–Crippen MR) is 172 cm³/mol. The van der Waals surface area contributed by atoms with E-state index in [2.05, 4.69) is 10.0 Å². The number of sulfonamides is 2. The number of benzene rings is 2. The van der Waals surface area contributed by atoms with Crippen LogP contribution in [0.25, 0.3) is 0 Å². The number of fused-ring (bicyclic) bond motifs is 1. The highest BCUT2D eigenvalue weighted by Crippen LogP contribution is 2.36. The van der Waals surface area contributed by atoms with Gasteiger partial charge in [-0.05, 0) is 49.4 Å². The number of nitrogens with zero attached hydrogens (tertiary/aromatic N) is 2. The lowest BCUT2D eigenvalue weighted by atomic mass is 9.93. The van der Waals surface area contributed by atoms with E-state index in [-0.39, 0.29) is 43.0 Å². The quantitative estimate of drug-likeness (QED) is 0.149. The van der Waals surface area contributed by atoms with Crippen LogP contribution in [0, 0.1) is 5.92 Å². The Morgan fingerprint density at radius 1 is 1.02 bits per heavy atom. The first-order valence-electron chi connectivity index (χ1n) is 15.9. The van der Waals surface area contributed by atoms with Gasteiger partial charge >= 0.3 is 6.09 Å². The van der Waals surface area contributed by atoms with E-state index in [0.29, 0.717) is 31.6 Å². The van der Waals surface area contributed by atoms with Gasteiger partial charge in [-0.3, -0.25) is 9.74 Å². The zero-order valence-electron chi connectivity index (χ0n) is 26.3. The minimum atomic E-state index is -4.36. The van der Waals surface area contributed by atoms with Crippen molar-refractivity contribution in [2.45, 2.75) is 74.0 Å². The third kappa shape index (κ3) is 9.20. The summed E-state index contributed by atoms with van der Waals surface area (Å²) in [5.74, 6) is -0.214. The number of hydrogen-bond acceptors (Lipinski definition) is 10. The van der Waals surface area contributed by atoms with Crippen molar-refractivity contribution in [1.82, 2.24) is 14.1 Å². The largest absolute Gasteiger partial charge is 0.465 e. The Morgan fingerprint density at radius 2 is 1.77 bits per heavy atom. The molecule has 0 spiro atoms. The minimum absolute atomic E-state index is 0.0970. The molecule has 2 heterocycles. The van der Waals surface area contributed by atoms with Crippen LogP contribution in [0.2, 0.25) is 0 Å². The number of nitrogens with one attached hydrogen (secondary N) is 2. The Bertz CT molecular complexity index is 1560. The molecule has 1 amide bonds. The van der Waals surface area contributed by atoms with Crippen LogP contribution in [-0.4, -0.2) is 112 Å². The Labute approximate surface area is 276 Å². The van der Waals surface area contributed by atoms with Gasteiger partial charge in [-0.1, -0.05) is 53.7 Å². The molecule has 3 aliphatic rings. The van der Waals surface area contributed by atoms with Crippen molar-refractivity contribution in [3.8, 4) is 0 Å². The Hall–Kier alpha value is -2.83. The molecule has 2 aromatic rings. The molecule has 3 fully saturated rings. The molecule has 2 aromatic carbocycles. The molecule has 0 radical (unpaired) electrons. The molecule has 0 aromatic heterocycles. The van der Waals surface area contributed by atoms with E-state index in [4.69, 9.17) is 14.3 Å². The SMILES string of the molecule is CS(=O)(=O)NCCNc1cccc(S(=O)(=O)N(C[C@@H](O)[C@H](Cc2ccccc2)N(C(=O)O)[C@H]2CO[C@H]3OCC[C@H]32)OC2CCCC2)c1. The van der Waals surface area contributed by atoms with Crippen LogP contribution in [-0.2, 0) is 40.8 Å². The second-order valence-electron chi connectivity index (χ2n) is 12.2. The number of aliphatic hydroxyl groups is 1. The van der Waals surface area contributed by atoms with Crippen molar-refractivity contribution in [2.24, 2.45) is 5.92 Å². The first-order valence-corrected chi connectivity index (χ1v) is 19.2. The Kier molecular flexibility index (Phi) is 11.8. The number of anilines is 1. The first-order chi connectivity index (χ1) is 22.4. The number of amides is 1. The maximum Gasteiger partial charge on any atom is 0.407 e. The molecule has 4 N–H and O–H groups in total. The van der Waals surface area contributed by atoms with E-state index in [1.165, 1.54) is 17.0 Å². The number of carboxylic acid groups (broad SMARTS) is 1. The molecule has 0 bridgehead atoms. The van der Waals surface area contributed by atoms with Crippen molar-refractivity contribution < 1.29 is 46.2 Å². The summed E-state index contributed by atoms with van der Waals surface area (Å²) in [5.41, 5.74) is 1.22. The van der Waals surface area contributed by atoms with Crippen LogP contribution < -0.4 is 10.0 Å². The first kappa shape index (κ1) is 35.5. The average molecular weight is 697 g/mol. The van der Waals surface area contributed by atoms with Gasteiger partial charge in [0, 0.05) is 24.7 Å². The van der Waals surface area contributed by atoms with E-state index < -0.39 is 57.2 Å². The Balaban J connectivity index is 1.42. The molecule has 5 atom stereocenters. The zero-order valence-corrected chi connectivity index (χ0v) is 27.9. The second kappa shape index (κ2) is 15.6. The summed E-state index contributed by atoms with van der Waals surface area (Å²) >= 11 is 0. The number of aliphatic hydroxyl groups excluding tert-OH is 1. The zero-order chi connectivity index (χ0) is 33.6. The van der Waals surface area contributed by atoms with E-state index >= 15 is 0 Å². The summed E-state index contributed by atoms with van der Waals surface area (Å²) in [6.45, 7) is 0.325. The molecule has 2 saturated heterocycles. The fourth-order valence-corrected chi connectivity index (χ4v) is 8.31. The minimum Gasteiger partial charge on any atom is -0.465 e. The van der Waals surface area contributed by atoms with E-state index in [0.717, 1.165) is 29.1 Å². The lowest BCUT2D eigenvalue weighted by molar-refractivity contribution is -0.149. The topological polar surface area (TPSA) is 184 Å². The highest BCUT2D eigenvalue weighted by molar-refractivity contribution is 7.89. The van der Waals surface area contributed by atoms with Crippen LogP contribution >= 0.6 is 0 Å². The van der Waals surface area contributed by atoms with Crippen molar-refractivity contribution in [3.63, 3.8) is 0 Å². The highest BCUT2D eigenvalue weighted by Gasteiger charge is 2.49. The van der Waals surface area contributed by atoms with Crippen molar-refractivity contribution in [1.29, 1.82) is 0 Å². The molecule has 1 saturated carbocycles. The monoisotopic (exact) mass is 696 g/mol. The third-order valence-corrected chi connectivity index (χ3v) is 11.1. The molecular formula is C31H44N4O10S2. The molecule has 1 aliphatic carbocycles. The lowest BCUT2D eigenvalue weighted by Gasteiger charge is -2.39. The summed E-state index contributed by atoms with van der Waals surface area (Å²) in [6.07, 6.45) is 1.18. The van der Waals surface area contributed by atoms with Crippen LogP contribution in [0.15, 0.2) is 59.5 Å². The third-order valence-electron chi connectivity index (χ3n) is 8.80. The highest BCUT2D eigenvalue weighted by atomic mass is 32.2. The van der Waals surface area contributed by atoms with Crippen LogP contribution in [0.1, 0.15) is 37.7 Å². The van der Waals surface area contributed by atoms with Crippen molar-refractivity contribution >= 4 is 31.8 Å². The summed E-state index contributed by atoms with van der Waals surface area (Å²) in [7, 11) is -7.74. The maximum absolute atomic E-state index is 14.2. The van der Waals surface area contributed by atoms with Gasteiger partial charge < -0.3 is 25.0 Å². The van der Waals surface area contributed by atoms with Crippen LogP contribution in [0.5, 0.6) is 0 Å². The molecule has 2 aliphatic heterocycles. The second-order valence-corrected chi connectivity index (χ2v) is 15.9. The number of ether oxygens (including phenoxy) is 2. The lowest BCUT2D eigenvalue weighted by Crippen LogP contribution is -2.57. The summed E-state index contributed by atoms with van der Waals surface area (Å²) < 4.78 is 65.7. The van der Waals surface area contributed by atoms with E-state index in [9.17, 15) is 31.8 Å². The van der Waals surface area contributed by atoms with Gasteiger partial charge in [0.2, 0.25) is 10.0 Å².